The zero-order valence-corrected chi connectivity index (χ0v) is 11.7. The molecule has 2 aromatic rings. The lowest BCUT2D eigenvalue weighted by molar-refractivity contribution is 0.606. The number of aryl methyl sites for hydroxylation is 2. The number of nitrogens with two attached hydrogens (primary N) is 1. The van der Waals surface area contributed by atoms with Gasteiger partial charge in [0, 0.05) is 36.4 Å². The Hall–Kier alpha value is -1.20. The fraction of sp³-hybridized carbons (Fsp3) is 0.308. The van der Waals surface area contributed by atoms with Crippen LogP contribution in [0.2, 0.25) is 0 Å². The van der Waals surface area contributed by atoms with Gasteiger partial charge in [0.1, 0.15) is 11.6 Å². The molecule has 3 nitrogen and oxygen atoms in total. The maximum absolute atomic E-state index is 13.0. The summed E-state index contributed by atoms with van der Waals surface area (Å²) < 4.78 is 15.7. The van der Waals surface area contributed by atoms with E-state index in [9.17, 15) is 4.39 Å². The molecule has 1 aromatic heterocycles. The van der Waals surface area contributed by atoms with Crippen LogP contribution in [-0.4, -0.2) is 9.55 Å². The molecular formula is C13H15BrFN3. The number of hydrogen-bond donors (Lipinski definition) is 1. The summed E-state index contributed by atoms with van der Waals surface area (Å²) in [6, 6.07) is 4.47. The summed E-state index contributed by atoms with van der Waals surface area (Å²) in [4.78, 5) is 4.25. The quantitative estimate of drug-likeness (QED) is 0.943. The molecule has 2 N–H and O–H groups in total. The predicted octanol–water partition coefficient (Wildman–Crippen LogP) is 2.95. The summed E-state index contributed by atoms with van der Waals surface area (Å²) in [6.07, 6.45) is 5.26. The molecule has 1 atom stereocenters. The Balaban J connectivity index is 2.03. The van der Waals surface area contributed by atoms with E-state index in [4.69, 9.17) is 5.73 Å². The van der Waals surface area contributed by atoms with E-state index in [1.165, 1.54) is 12.1 Å². The van der Waals surface area contributed by atoms with Gasteiger partial charge in [0.05, 0.1) is 0 Å². The van der Waals surface area contributed by atoms with Gasteiger partial charge in [-0.1, -0.05) is 22.0 Å². The Bertz CT molecular complexity index is 539. The Morgan fingerprint density at radius 2 is 2.28 bits per heavy atom. The minimum atomic E-state index is -0.262. The van der Waals surface area contributed by atoms with Crippen molar-refractivity contribution in [3.8, 4) is 0 Å². The maximum Gasteiger partial charge on any atom is 0.124 e. The van der Waals surface area contributed by atoms with Crippen molar-refractivity contribution < 1.29 is 4.39 Å². The van der Waals surface area contributed by atoms with Crippen LogP contribution in [0.25, 0.3) is 0 Å². The van der Waals surface area contributed by atoms with Crippen molar-refractivity contribution in [2.24, 2.45) is 12.8 Å². The van der Waals surface area contributed by atoms with E-state index in [0.717, 1.165) is 28.7 Å². The van der Waals surface area contributed by atoms with Crippen molar-refractivity contribution in [2.45, 2.75) is 18.9 Å². The molecule has 0 amide bonds. The van der Waals surface area contributed by atoms with Gasteiger partial charge in [-0.2, -0.15) is 0 Å². The Labute approximate surface area is 114 Å². The fourth-order valence-electron chi connectivity index (χ4n) is 1.88. The molecule has 0 radical (unpaired) electrons. The van der Waals surface area contributed by atoms with E-state index in [1.807, 2.05) is 17.8 Å². The molecule has 96 valence electrons. The highest BCUT2D eigenvalue weighted by atomic mass is 79.9. The third-order valence-corrected chi connectivity index (χ3v) is 3.65. The van der Waals surface area contributed by atoms with Crippen LogP contribution in [0.1, 0.15) is 23.9 Å². The van der Waals surface area contributed by atoms with Crippen molar-refractivity contribution in [3.05, 3.63) is 52.3 Å². The highest BCUT2D eigenvalue weighted by Gasteiger charge is 2.11. The largest absolute Gasteiger partial charge is 0.338 e. The Kier molecular flexibility index (Phi) is 4.14. The third kappa shape index (κ3) is 2.97. The van der Waals surface area contributed by atoms with E-state index in [0.29, 0.717) is 0 Å². The van der Waals surface area contributed by atoms with Gasteiger partial charge in [0.15, 0.2) is 0 Å². The van der Waals surface area contributed by atoms with Gasteiger partial charge in [0.25, 0.3) is 0 Å². The monoisotopic (exact) mass is 311 g/mol. The topological polar surface area (TPSA) is 43.8 Å². The zero-order valence-electron chi connectivity index (χ0n) is 10.1. The molecule has 0 fully saturated rings. The van der Waals surface area contributed by atoms with Crippen LogP contribution in [0.5, 0.6) is 0 Å². The van der Waals surface area contributed by atoms with E-state index < -0.39 is 0 Å². The minimum Gasteiger partial charge on any atom is -0.338 e. The highest BCUT2D eigenvalue weighted by molar-refractivity contribution is 9.10. The number of aromatic nitrogens is 2. The van der Waals surface area contributed by atoms with Crippen LogP contribution in [-0.2, 0) is 13.5 Å². The molecule has 1 unspecified atom stereocenters. The summed E-state index contributed by atoms with van der Waals surface area (Å²) in [5.74, 6) is 0.741. The first-order valence-corrected chi connectivity index (χ1v) is 6.54. The van der Waals surface area contributed by atoms with Gasteiger partial charge >= 0.3 is 0 Å². The normalized spacial score (nSPS) is 12.7. The molecule has 0 saturated carbocycles. The van der Waals surface area contributed by atoms with Crippen molar-refractivity contribution in [1.29, 1.82) is 0 Å². The molecular weight excluding hydrogens is 297 g/mol. The lowest BCUT2D eigenvalue weighted by Gasteiger charge is -2.13. The lowest BCUT2D eigenvalue weighted by Crippen LogP contribution is -2.13. The second kappa shape index (κ2) is 5.63. The van der Waals surface area contributed by atoms with Crippen LogP contribution < -0.4 is 5.73 Å². The summed E-state index contributed by atoms with van der Waals surface area (Å²) >= 11 is 3.34. The molecule has 1 aromatic carbocycles. The molecule has 5 heteroatoms. The first-order chi connectivity index (χ1) is 8.58. The van der Waals surface area contributed by atoms with Gasteiger partial charge in [-0.25, -0.2) is 9.37 Å². The van der Waals surface area contributed by atoms with Gasteiger partial charge in [-0.05, 0) is 24.1 Å². The van der Waals surface area contributed by atoms with E-state index in [2.05, 4.69) is 20.9 Å². The lowest BCUT2D eigenvalue weighted by atomic mass is 10.0. The van der Waals surface area contributed by atoms with E-state index in [-0.39, 0.29) is 11.9 Å². The Morgan fingerprint density at radius 3 is 2.89 bits per heavy atom. The van der Waals surface area contributed by atoms with Gasteiger partial charge in [-0.15, -0.1) is 0 Å². The number of rotatable bonds is 4. The first kappa shape index (κ1) is 13.2. The SMILES string of the molecule is Cn1ccnc1CCC(N)c1ccc(F)cc1Br. The molecule has 0 aliphatic heterocycles. The molecule has 18 heavy (non-hydrogen) atoms. The van der Waals surface area contributed by atoms with Crippen LogP contribution in [0, 0.1) is 5.82 Å². The van der Waals surface area contributed by atoms with E-state index in [1.54, 1.807) is 12.3 Å². The average Bonchev–Trinajstić information content (AvgIpc) is 2.72. The highest BCUT2D eigenvalue weighted by Crippen LogP contribution is 2.25. The number of halogens is 2. The molecule has 2 rings (SSSR count). The second-order valence-electron chi connectivity index (χ2n) is 4.27. The number of benzene rings is 1. The molecule has 1 heterocycles. The predicted molar refractivity (Wildman–Crippen MR) is 72.6 cm³/mol. The van der Waals surface area contributed by atoms with Crippen LogP contribution in [0.15, 0.2) is 35.1 Å². The summed E-state index contributed by atoms with van der Waals surface area (Å²) in [6.45, 7) is 0. The van der Waals surface area contributed by atoms with Crippen molar-refractivity contribution in [2.75, 3.05) is 0 Å². The maximum atomic E-state index is 13.0. The molecule has 0 bridgehead atoms. The van der Waals surface area contributed by atoms with Crippen molar-refractivity contribution >= 4 is 15.9 Å². The number of imidazole rings is 1. The zero-order chi connectivity index (χ0) is 13.1. The van der Waals surface area contributed by atoms with Gasteiger partial charge in [0.2, 0.25) is 0 Å². The number of hydrogen-bond acceptors (Lipinski definition) is 2. The molecule has 0 aliphatic carbocycles. The van der Waals surface area contributed by atoms with Crippen LogP contribution in [0.4, 0.5) is 4.39 Å². The van der Waals surface area contributed by atoms with Crippen molar-refractivity contribution in [1.82, 2.24) is 9.55 Å². The summed E-state index contributed by atoms with van der Waals surface area (Å²) in [5, 5.41) is 0. The third-order valence-electron chi connectivity index (χ3n) is 2.96. The minimum absolute atomic E-state index is 0.128. The molecule has 0 aliphatic rings. The standard InChI is InChI=1S/C13H15BrFN3/c1-18-7-6-17-13(18)5-4-12(16)10-3-2-9(15)8-11(10)14/h2-3,6-8,12H,4-5,16H2,1H3. The van der Waals surface area contributed by atoms with Crippen LogP contribution >= 0.6 is 15.9 Å². The van der Waals surface area contributed by atoms with Crippen molar-refractivity contribution in [3.63, 3.8) is 0 Å². The van der Waals surface area contributed by atoms with Crippen LogP contribution in [0.3, 0.4) is 0 Å². The smallest absolute Gasteiger partial charge is 0.124 e. The fourth-order valence-corrected chi connectivity index (χ4v) is 2.52. The van der Waals surface area contributed by atoms with Gasteiger partial charge in [-0.3, -0.25) is 0 Å². The molecule has 0 spiro atoms. The second-order valence-corrected chi connectivity index (χ2v) is 5.12. The summed E-state index contributed by atoms with van der Waals surface area (Å²) in [5.41, 5.74) is 7.04. The van der Waals surface area contributed by atoms with E-state index >= 15 is 0 Å². The number of nitrogens with zero attached hydrogens (tertiary/aromatic N) is 2. The summed E-state index contributed by atoms with van der Waals surface area (Å²) in [7, 11) is 1.96. The van der Waals surface area contributed by atoms with Gasteiger partial charge < -0.3 is 10.3 Å². The molecule has 0 saturated heterocycles. The first-order valence-electron chi connectivity index (χ1n) is 5.74. The Morgan fingerprint density at radius 1 is 1.50 bits per heavy atom. The average molecular weight is 312 g/mol.